The van der Waals surface area contributed by atoms with E-state index in [1.807, 2.05) is 26.0 Å². The van der Waals surface area contributed by atoms with Gasteiger partial charge < -0.3 is 9.84 Å². The molecule has 1 aliphatic rings. The third kappa shape index (κ3) is 1.25. The van der Waals surface area contributed by atoms with Crippen molar-refractivity contribution >= 4 is 5.97 Å². The van der Waals surface area contributed by atoms with Crippen LogP contribution in [0.2, 0.25) is 0 Å². The number of carbonyl (C=O) groups is 1. The molecule has 3 heteroatoms. The Morgan fingerprint density at radius 1 is 1.50 bits per heavy atom. The zero-order valence-corrected chi connectivity index (χ0v) is 8.20. The highest BCUT2D eigenvalue weighted by Crippen LogP contribution is 2.33. The minimum Gasteiger partial charge on any atom is -0.478 e. The van der Waals surface area contributed by atoms with Gasteiger partial charge in [-0.3, -0.25) is 0 Å². The highest BCUT2D eigenvalue weighted by molar-refractivity contribution is 5.75. The quantitative estimate of drug-likeness (QED) is 0.736. The van der Waals surface area contributed by atoms with Crippen LogP contribution in [-0.2, 0) is 11.2 Å². The highest BCUT2D eigenvalue weighted by Gasteiger charge is 2.29. The first-order valence-electron chi connectivity index (χ1n) is 4.58. The molecule has 1 aromatic carbocycles. The van der Waals surface area contributed by atoms with Crippen molar-refractivity contribution in [1.29, 1.82) is 0 Å². The summed E-state index contributed by atoms with van der Waals surface area (Å²) < 4.78 is 5.38. The van der Waals surface area contributed by atoms with Gasteiger partial charge in [0.25, 0.3) is 0 Å². The van der Waals surface area contributed by atoms with E-state index in [0.29, 0.717) is 6.42 Å². The summed E-state index contributed by atoms with van der Waals surface area (Å²) in [6, 6.07) is 3.95. The predicted octanol–water partition coefficient (Wildman–Crippen LogP) is 1.69. The minimum absolute atomic E-state index is 0.478. The van der Waals surface area contributed by atoms with E-state index in [0.717, 1.165) is 22.4 Å². The Hall–Kier alpha value is -1.51. The van der Waals surface area contributed by atoms with Gasteiger partial charge in [0.05, 0.1) is 0 Å². The van der Waals surface area contributed by atoms with Crippen molar-refractivity contribution in [3.63, 3.8) is 0 Å². The molecule has 1 unspecified atom stereocenters. The van der Waals surface area contributed by atoms with Gasteiger partial charge in [-0.05, 0) is 30.5 Å². The average Bonchev–Trinajstić information content (AvgIpc) is 2.56. The molecule has 0 amide bonds. The van der Waals surface area contributed by atoms with Gasteiger partial charge >= 0.3 is 5.97 Å². The number of carboxylic acids is 1. The van der Waals surface area contributed by atoms with Gasteiger partial charge in [-0.2, -0.15) is 0 Å². The van der Waals surface area contributed by atoms with Gasteiger partial charge in [-0.1, -0.05) is 12.1 Å². The van der Waals surface area contributed by atoms with E-state index in [1.165, 1.54) is 0 Å². The standard InChI is InChI=1S/C11H12O3/c1-6-3-4-8-5-9(11(12)13)14-10(8)7(6)2/h3-4,9H,5H2,1-2H3,(H,12,13). The molecule has 0 saturated heterocycles. The molecule has 0 fully saturated rings. The lowest BCUT2D eigenvalue weighted by Crippen LogP contribution is -2.24. The zero-order chi connectivity index (χ0) is 10.3. The predicted molar refractivity (Wildman–Crippen MR) is 51.7 cm³/mol. The SMILES string of the molecule is Cc1ccc2c(c1C)OC(C(=O)O)C2. The van der Waals surface area contributed by atoms with Gasteiger partial charge in [-0.15, -0.1) is 0 Å². The van der Waals surface area contributed by atoms with Crippen LogP contribution in [0.25, 0.3) is 0 Å². The van der Waals surface area contributed by atoms with Gasteiger partial charge in [0.15, 0.2) is 6.10 Å². The lowest BCUT2D eigenvalue weighted by atomic mass is 10.0. The van der Waals surface area contributed by atoms with E-state index in [4.69, 9.17) is 9.84 Å². The van der Waals surface area contributed by atoms with E-state index < -0.39 is 12.1 Å². The van der Waals surface area contributed by atoms with Crippen molar-refractivity contribution in [3.8, 4) is 5.75 Å². The average molecular weight is 192 g/mol. The first kappa shape index (κ1) is 9.06. The third-order valence-electron chi connectivity index (χ3n) is 2.70. The summed E-state index contributed by atoms with van der Waals surface area (Å²) >= 11 is 0. The van der Waals surface area contributed by atoms with Crippen LogP contribution in [0.1, 0.15) is 16.7 Å². The molecule has 1 atom stereocenters. The largest absolute Gasteiger partial charge is 0.478 e. The molecule has 0 aromatic heterocycles. The van der Waals surface area contributed by atoms with Crippen LogP contribution in [0.15, 0.2) is 12.1 Å². The van der Waals surface area contributed by atoms with Gasteiger partial charge in [0, 0.05) is 6.42 Å². The molecule has 1 aliphatic heterocycles. The fraction of sp³-hybridized carbons (Fsp3) is 0.364. The Morgan fingerprint density at radius 2 is 2.21 bits per heavy atom. The second kappa shape index (κ2) is 3.01. The van der Waals surface area contributed by atoms with Crippen LogP contribution in [0.5, 0.6) is 5.75 Å². The van der Waals surface area contributed by atoms with E-state index >= 15 is 0 Å². The molecule has 1 N–H and O–H groups in total. The monoisotopic (exact) mass is 192 g/mol. The Kier molecular flexibility index (Phi) is 1.95. The summed E-state index contributed by atoms with van der Waals surface area (Å²) in [5.74, 6) is -0.129. The van der Waals surface area contributed by atoms with Crippen LogP contribution in [0, 0.1) is 13.8 Å². The maximum absolute atomic E-state index is 10.7. The first-order valence-corrected chi connectivity index (χ1v) is 4.58. The summed E-state index contributed by atoms with van der Waals surface area (Å²) in [5, 5.41) is 8.82. The summed E-state index contributed by atoms with van der Waals surface area (Å²) in [6.07, 6.45) is -0.225. The normalized spacial score (nSPS) is 18.9. The molecule has 14 heavy (non-hydrogen) atoms. The summed E-state index contributed by atoms with van der Waals surface area (Å²) in [4.78, 5) is 10.7. The van der Waals surface area contributed by atoms with Crippen molar-refractivity contribution < 1.29 is 14.6 Å². The maximum Gasteiger partial charge on any atom is 0.345 e. The molecular weight excluding hydrogens is 180 g/mol. The Balaban J connectivity index is 2.40. The zero-order valence-electron chi connectivity index (χ0n) is 8.20. The number of aliphatic carboxylic acids is 1. The van der Waals surface area contributed by atoms with Crippen molar-refractivity contribution in [2.75, 3.05) is 0 Å². The van der Waals surface area contributed by atoms with Crippen molar-refractivity contribution in [2.45, 2.75) is 26.4 Å². The fourth-order valence-electron chi connectivity index (χ4n) is 1.69. The van der Waals surface area contributed by atoms with Crippen LogP contribution >= 0.6 is 0 Å². The molecule has 1 heterocycles. The second-order valence-corrected chi connectivity index (χ2v) is 3.64. The molecule has 0 radical (unpaired) electrons. The first-order chi connectivity index (χ1) is 6.59. The highest BCUT2D eigenvalue weighted by atomic mass is 16.5. The Morgan fingerprint density at radius 3 is 2.86 bits per heavy atom. The number of fused-ring (bicyclic) bond motifs is 1. The number of hydrogen-bond donors (Lipinski definition) is 1. The van der Waals surface area contributed by atoms with Crippen LogP contribution < -0.4 is 4.74 Å². The Labute approximate surface area is 82.3 Å². The summed E-state index contributed by atoms with van der Waals surface area (Å²) in [6.45, 7) is 3.95. The summed E-state index contributed by atoms with van der Waals surface area (Å²) in [5.41, 5.74) is 3.18. The van der Waals surface area contributed by atoms with Gasteiger partial charge in [0.2, 0.25) is 0 Å². The van der Waals surface area contributed by atoms with E-state index in [-0.39, 0.29) is 0 Å². The topological polar surface area (TPSA) is 46.5 Å². The molecule has 0 bridgehead atoms. The number of rotatable bonds is 1. The van der Waals surface area contributed by atoms with E-state index in [1.54, 1.807) is 0 Å². The number of carboxylic acid groups (broad SMARTS) is 1. The summed E-state index contributed by atoms with van der Waals surface area (Å²) in [7, 11) is 0. The van der Waals surface area contributed by atoms with Gasteiger partial charge in [0.1, 0.15) is 5.75 Å². The smallest absolute Gasteiger partial charge is 0.345 e. The fourth-order valence-corrected chi connectivity index (χ4v) is 1.69. The molecule has 0 aliphatic carbocycles. The number of hydrogen-bond acceptors (Lipinski definition) is 2. The number of benzene rings is 1. The van der Waals surface area contributed by atoms with Crippen molar-refractivity contribution in [1.82, 2.24) is 0 Å². The van der Waals surface area contributed by atoms with Crippen molar-refractivity contribution in [3.05, 3.63) is 28.8 Å². The van der Waals surface area contributed by atoms with E-state index in [2.05, 4.69) is 0 Å². The molecule has 2 rings (SSSR count). The van der Waals surface area contributed by atoms with Gasteiger partial charge in [-0.25, -0.2) is 4.79 Å². The molecule has 3 nitrogen and oxygen atoms in total. The minimum atomic E-state index is -0.891. The molecular formula is C11H12O3. The molecule has 1 aromatic rings. The van der Waals surface area contributed by atoms with Crippen molar-refractivity contribution in [2.24, 2.45) is 0 Å². The molecule has 74 valence electrons. The third-order valence-corrected chi connectivity index (χ3v) is 2.70. The van der Waals surface area contributed by atoms with Crippen LogP contribution in [0.3, 0.4) is 0 Å². The molecule has 0 saturated carbocycles. The Bertz CT molecular complexity index is 396. The second-order valence-electron chi connectivity index (χ2n) is 3.64. The molecule has 0 spiro atoms. The number of ether oxygens (including phenoxy) is 1. The van der Waals surface area contributed by atoms with Crippen LogP contribution in [0.4, 0.5) is 0 Å². The number of aryl methyl sites for hydroxylation is 1. The van der Waals surface area contributed by atoms with Crippen LogP contribution in [-0.4, -0.2) is 17.2 Å². The lowest BCUT2D eigenvalue weighted by Gasteiger charge is -2.07. The maximum atomic E-state index is 10.7. The van der Waals surface area contributed by atoms with E-state index in [9.17, 15) is 4.79 Å². The lowest BCUT2D eigenvalue weighted by molar-refractivity contribution is -0.144.